The molecule has 3 aliphatic rings. The van der Waals surface area contributed by atoms with Crippen LogP contribution in [0, 0.1) is 0 Å². The molecule has 1 spiro atoms. The first-order chi connectivity index (χ1) is 17.8. The van der Waals surface area contributed by atoms with Gasteiger partial charge in [-0.05, 0) is 72.5 Å². The zero-order valence-corrected chi connectivity index (χ0v) is 20.1. The van der Waals surface area contributed by atoms with E-state index in [0.717, 1.165) is 5.02 Å². The van der Waals surface area contributed by atoms with Gasteiger partial charge < -0.3 is 0 Å². The molecule has 0 bridgehead atoms. The van der Waals surface area contributed by atoms with Crippen molar-refractivity contribution >= 4 is 22.4 Å². The van der Waals surface area contributed by atoms with Crippen LogP contribution in [0.5, 0.6) is 0 Å². The fourth-order valence-electron chi connectivity index (χ4n) is 7.45. The molecule has 166 valence electrons. The van der Waals surface area contributed by atoms with Crippen molar-refractivity contribution in [2.75, 3.05) is 0 Å². The molecule has 0 aromatic heterocycles. The van der Waals surface area contributed by atoms with Crippen LogP contribution in [0.15, 0.2) is 115 Å². The Morgan fingerprint density at radius 1 is 0.417 bits per heavy atom. The van der Waals surface area contributed by atoms with Crippen molar-refractivity contribution in [1.29, 1.82) is 0 Å². The summed E-state index contributed by atoms with van der Waals surface area (Å²) in [5.41, 5.74) is 15.0. The molecule has 0 atom stereocenters. The molecule has 0 fully saturated rings. The van der Waals surface area contributed by atoms with Crippen molar-refractivity contribution in [2.24, 2.45) is 0 Å². The summed E-state index contributed by atoms with van der Waals surface area (Å²) >= 11 is 7.52. The van der Waals surface area contributed by atoms with E-state index >= 15 is 0 Å². The molecule has 0 amide bonds. The van der Waals surface area contributed by atoms with Crippen molar-refractivity contribution in [3.05, 3.63) is 143 Å². The minimum atomic E-state index is -0.375. The number of hydrogen-bond acceptors (Lipinski definition) is 0. The fraction of sp³-hybridized carbons (Fsp3) is 0.0286. The first-order valence-corrected chi connectivity index (χ1v) is 12.9. The average Bonchev–Trinajstić information content (AvgIpc) is 3.53. The summed E-state index contributed by atoms with van der Waals surface area (Å²) in [6.45, 7) is 0. The maximum Gasteiger partial charge on any atom is 0.0726 e. The SMILES string of the molecule is Clc1c2c(cc3c1-c1ccccc1C31c3ccccc3-c3ccccc31)-c1cccc3cccc-2c13. The molecular weight excluding hydrogens is 456 g/mol. The molecule has 3 aliphatic carbocycles. The van der Waals surface area contributed by atoms with Gasteiger partial charge in [0.05, 0.1) is 10.4 Å². The highest BCUT2D eigenvalue weighted by molar-refractivity contribution is 6.39. The number of benzene rings is 6. The number of rotatable bonds is 0. The van der Waals surface area contributed by atoms with Gasteiger partial charge in [0, 0.05) is 11.1 Å². The lowest BCUT2D eigenvalue weighted by Gasteiger charge is -2.31. The van der Waals surface area contributed by atoms with Crippen molar-refractivity contribution in [3.63, 3.8) is 0 Å². The third-order valence-corrected chi connectivity index (χ3v) is 9.07. The molecule has 0 saturated heterocycles. The van der Waals surface area contributed by atoms with Crippen LogP contribution < -0.4 is 0 Å². The monoisotopic (exact) mass is 474 g/mol. The van der Waals surface area contributed by atoms with Gasteiger partial charge in [0.2, 0.25) is 0 Å². The van der Waals surface area contributed by atoms with Crippen molar-refractivity contribution < 1.29 is 0 Å². The summed E-state index contributed by atoms with van der Waals surface area (Å²) < 4.78 is 0. The Balaban J connectivity index is 1.51. The van der Waals surface area contributed by atoms with Crippen LogP contribution in [-0.4, -0.2) is 0 Å². The summed E-state index contributed by atoms with van der Waals surface area (Å²) in [4.78, 5) is 0. The molecule has 36 heavy (non-hydrogen) atoms. The van der Waals surface area contributed by atoms with Gasteiger partial charge in [0.15, 0.2) is 0 Å². The molecule has 0 nitrogen and oxygen atoms in total. The normalized spacial score (nSPS) is 14.5. The van der Waals surface area contributed by atoms with Gasteiger partial charge in [-0.2, -0.15) is 0 Å². The Morgan fingerprint density at radius 3 is 1.61 bits per heavy atom. The van der Waals surface area contributed by atoms with Crippen LogP contribution >= 0.6 is 11.6 Å². The van der Waals surface area contributed by atoms with E-state index in [1.807, 2.05) is 0 Å². The summed E-state index contributed by atoms with van der Waals surface area (Å²) in [6, 6.07) is 42.4. The predicted molar refractivity (Wildman–Crippen MR) is 150 cm³/mol. The van der Waals surface area contributed by atoms with Gasteiger partial charge in [-0.25, -0.2) is 0 Å². The van der Waals surface area contributed by atoms with Crippen molar-refractivity contribution in [1.82, 2.24) is 0 Å². The second-order valence-corrected chi connectivity index (χ2v) is 10.5. The summed E-state index contributed by atoms with van der Waals surface area (Å²) in [7, 11) is 0. The van der Waals surface area contributed by atoms with Crippen LogP contribution in [0.1, 0.15) is 22.3 Å². The first-order valence-electron chi connectivity index (χ1n) is 12.5. The highest BCUT2D eigenvalue weighted by atomic mass is 35.5. The van der Waals surface area contributed by atoms with Crippen LogP contribution in [-0.2, 0) is 5.41 Å². The Labute approximate surface area is 214 Å². The fourth-order valence-corrected chi connectivity index (χ4v) is 7.85. The third-order valence-electron chi connectivity index (χ3n) is 8.69. The summed E-state index contributed by atoms with van der Waals surface area (Å²) in [5.74, 6) is 0. The average molecular weight is 475 g/mol. The van der Waals surface area contributed by atoms with Gasteiger partial charge >= 0.3 is 0 Å². The third kappa shape index (κ3) is 1.95. The molecule has 1 heteroatoms. The van der Waals surface area contributed by atoms with E-state index in [4.69, 9.17) is 11.6 Å². The van der Waals surface area contributed by atoms with Gasteiger partial charge in [0.1, 0.15) is 0 Å². The van der Waals surface area contributed by atoms with Crippen LogP contribution in [0.25, 0.3) is 55.3 Å². The van der Waals surface area contributed by atoms with E-state index in [1.165, 1.54) is 77.5 Å². The Hall–Kier alpha value is -4.13. The maximum absolute atomic E-state index is 7.52. The Kier molecular flexibility index (Phi) is 3.37. The topological polar surface area (TPSA) is 0 Å². The second-order valence-electron chi connectivity index (χ2n) is 10.1. The second kappa shape index (κ2) is 6.35. The van der Waals surface area contributed by atoms with Crippen LogP contribution in [0.2, 0.25) is 5.02 Å². The lowest BCUT2D eigenvalue weighted by molar-refractivity contribution is 0.794. The van der Waals surface area contributed by atoms with E-state index in [-0.39, 0.29) is 5.41 Å². The van der Waals surface area contributed by atoms with E-state index in [9.17, 15) is 0 Å². The van der Waals surface area contributed by atoms with E-state index in [0.29, 0.717) is 0 Å². The molecule has 0 radical (unpaired) electrons. The molecule has 0 heterocycles. The minimum Gasteiger partial charge on any atom is -0.0829 e. The Bertz CT molecular complexity index is 1910. The van der Waals surface area contributed by atoms with Gasteiger partial charge in [-0.1, -0.05) is 121 Å². The van der Waals surface area contributed by atoms with Crippen molar-refractivity contribution in [3.8, 4) is 44.5 Å². The molecule has 6 aromatic carbocycles. The summed E-state index contributed by atoms with van der Waals surface area (Å²) in [5, 5.41) is 3.46. The van der Waals surface area contributed by atoms with E-state index < -0.39 is 0 Å². The lowest BCUT2D eigenvalue weighted by Crippen LogP contribution is -2.25. The molecule has 0 N–H and O–H groups in total. The molecular formula is C35H19Cl. The highest BCUT2D eigenvalue weighted by Crippen LogP contribution is 2.66. The highest BCUT2D eigenvalue weighted by Gasteiger charge is 2.52. The van der Waals surface area contributed by atoms with E-state index in [1.54, 1.807) is 0 Å². The van der Waals surface area contributed by atoms with Gasteiger partial charge in [-0.3, -0.25) is 0 Å². The quantitative estimate of drug-likeness (QED) is 0.205. The van der Waals surface area contributed by atoms with E-state index in [2.05, 4.69) is 115 Å². The Morgan fingerprint density at radius 2 is 0.944 bits per heavy atom. The molecule has 9 rings (SSSR count). The van der Waals surface area contributed by atoms with Crippen LogP contribution in [0.4, 0.5) is 0 Å². The molecule has 6 aromatic rings. The number of halogens is 1. The maximum atomic E-state index is 7.52. The first kappa shape index (κ1) is 19.1. The largest absolute Gasteiger partial charge is 0.0829 e. The lowest BCUT2D eigenvalue weighted by atomic mass is 9.70. The van der Waals surface area contributed by atoms with Gasteiger partial charge in [-0.15, -0.1) is 0 Å². The minimum absolute atomic E-state index is 0.375. The number of fused-ring (bicyclic) bond motifs is 13. The van der Waals surface area contributed by atoms with Crippen molar-refractivity contribution in [2.45, 2.75) is 5.41 Å². The zero-order valence-electron chi connectivity index (χ0n) is 19.3. The molecule has 0 unspecified atom stereocenters. The molecule has 0 saturated carbocycles. The standard InChI is InChI=1S/C35H19Cl/c36-34-32-25-15-8-10-20-9-7-14-23(31(20)25)26(32)19-30-33(34)24-13-3-6-18-29(24)35(30)27-16-4-1-11-21(27)22-12-2-5-17-28(22)35/h1-19H. The van der Waals surface area contributed by atoms with Crippen LogP contribution in [0.3, 0.4) is 0 Å². The smallest absolute Gasteiger partial charge is 0.0726 e. The summed E-state index contributed by atoms with van der Waals surface area (Å²) in [6.07, 6.45) is 0. The number of hydrogen-bond donors (Lipinski definition) is 0. The van der Waals surface area contributed by atoms with Gasteiger partial charge in [0.25, 0.3) is 0 Å². The zero-order chi connectivity index (χ0) is 23.6. The predicted octanol–water partition coefficient (Wildman–Crippen LogP) is 9.48. The molecule has 0 aliphatic heterocycles.